The molecule has 3 N–H and O–H groups in total. The van der Waals surface area contributed by atoms with Gasteiger partial charge in [0.05, 0.1) is 0 Å². The van der Waals surface area contributed by atoms with Crippen LogP contribution in [0.25, 0.3) is 0 Å². The van der Waals surface area contributed by atoms with E-state index in [1.807, 2.05) is 35.3 Å². The molecular weight excluding hydrogens is 244 g/mol. The highest BCUT2D eigenvalue weighted by Crippen LogP contribution is 2.34. The summed E-state index contributed by atoms with van der Waals surface area (Å²) in [6.07, 6.45) is 8.82. The number of thiophene rings is 1. The maximum Gasteiger partial charge on any atom is 0.132 e. The van der Waals surface area contributed by atoms with Crippen LogP contribution in [0, 0.1) is 0 Å². The molecule has 5 heteroatoms. The van der Waals surface area contributed by atoms with Gasteiger partial charge in [-0.15, -0.1) is 11.3 Å². The summed E-state index contributed by atoms with van der Waals surface area (Å²) < 4.78 is 2.02. The van der Waals surface area contributed by atoms with Gasteiger partial charge in [-0.3, -0.25) is 5.84 Å². The first-order valence-electron chi connectivity index (χ1n) is 6.34. The van der Waals surface area contributed by atoms with E-state index < -0.39 is 0 Å². The quantitative estimate of drug-likeness (QED) is 0.656. The van der Waals surface area contributed by atoms with Crippen LogP contribution in [0.4, 0.5) is 0 Å². The van der Waals surface area contributed by atoms with Crippen molar-refractivity contribution in [2.45, 2.75) is 31.7 Å². The number of hydrogen-bond acceptors (Lipinski definition) is 4. The number of aryl methyl sites for hydroxylation is 3. The zero-order valence-electron chi connectivity index (χ0n) is 10.5. The minimum Gasteiger partial charge on any atom is -0.336 e. The average Bonchev–Trinajstić information content (AvgIpc) is 2.97. The highest BCUT2D eigenvalue weighted by atomic mass is 32.1. The lowest BCUT2D eigenvalue weighted by Gasteiger charge is -2.13. The van der Waals surface area contributed by atoms with E-state index in [0.29, 0.717) is 0 Å². The molecule has 1 aliphatic carbocycles. The van der Waals surface area contributed by atoms with Crippen molar-refractivity contribution < 1.29 is 0 Å². The number of nitrogens with one attached hydrogen (secondary N) is 1. The summed E-state index contributed by atoms with van der Waals surface area (Å²) in [5, 5.41) is 0. The average molecular weight is 262 g/mol. The van der Waals surface area contributed by atoms with Crippen LogP contribution in [0.5, 0.6) is 0 Å². The van der Waals surface area contributed by atoms with E-state index in [2.05, 4.69) is 16.5 Å². The Hall–Kier alpha value is -1.17. The first kappa shape index (κ1) is 11.9. The molecule has 1 aliphatic rings. The van der Waals surface area contributed by atoms with Gasteiger partial charge < -0.3 is 4.57 Å². The molecule has 0 fully saturated rings. The molecule has 96 valence electrons. The molecule has 1 atom stereocenters. The van der Waals surface area contributed by atoms with E-state index in [4.69, 9.17) is 5.84 Å². The maximum absolute atomic E-state index is 5.73. The van der Waals surface area contributed by atoms with Crippen molar-refractivity contribution in [3.63, 3.8) is 0 Å². The fraction of sp³-hybridized carbons (Fsp3) is 0.462. The number of imidazole rings is 1. The van der Waals surface area contributed by atoms with Crippen molar-refractivity contribution in [2.24, 2.45) is 12.9 Å². The Kier molecular flexibility index (Phi) is 3.20. The van der Waals surface area contributed by atoms with E-state index in [1.165, 1.54) is 41.0 Å². The zero-order valence-corrected chi connectivity index (χ0v) is 11.3. The van der Waals surface area contributed by atoms with Crippen molar-refractivity contribution in [1.29, 1.82) is 0 Å². The zero-order chi connectivity index (χ0) is 12.5. The van der Waals surface area contributed by atoms with Gasteiger partial charge in [0.25, 0.3) is 0 Å². The summed E-state index contributed by atoms with van der Waals surface area (Å²) in [4.78, 5) is 7.21. The fourth-order valence-corrected chi connectivity index (χ4v) is 3.91. The third kappa shape index (κ3) is 1.98. The molecule has 18 heavy (non-hydrogen) atoms. The largest absolute Gasteiger partial charge is 0.336 e. The molecule has 0 aromatic carbocycles. The summed E-state index contributed by atoms with van der Waals surface area (Å²) in [7, 11) is 2.00. The third-order valence-electron chi connectivity index (χ3n) is 3.58. The Bertz CT molecular complexity index is 519. The topological polar surface area (TPSA) is 55.9 Å². The van der Waals surface area contributed by atoms with Crippen LogP contribution in [0.1, 0.15) is 40.0 Å². The van der Waals surface area contributed by atoms with Gasteiger partial charge in [-0.1, -0.05) is 0 Å². The van der Waals surface area contributed by atoms with Crippen LogP contribution in [0.3, 0.4) is 0 Å². The summed E-state index contributed by atoms with van der Waals surface area (Å²) in [6.45, 7) is 0. The number of fused-ring (bicyclic) bond motifs is 1. The number of nitrogens with two attached hydrogens (primary N) is 1. The molecular formula is C13H18N4S. The van der Waals surface area contributed by atoms with E-state index in [-0.39, 0.29) is 6.04 Å². The predicted octanol–water partition coefficient (Wildman–Crippen LogP) is 1.91. The number of hydrogen-bond donors (Lipinski definition) is 2. The highest BCUT2D eigenvalue weighted by molar-refractivity contribution is 7.12. The number of aromatic nitrogens is 2. The SMILES string of the molecule is Cn1ccnc1C(NN)c1cc2c(s1)CCCC2. The molecule has 3 rings (SSSR count). The molecule has 0 bridgehead atoms. The van der Waals surface area contributed by atoms with Gasteiger partial charge in [0, 0.05) is 29.2 Å². The molecule has 0 spiro atoms. The molecule has 2 aromatic rings. The van der Waals surface area contributed by atoms with Crippen molar-refractivity contribution in [1.82, 2.24) is 15.0 Å². The first-order valence-corrected chi connectivity index (χ1v) is 7.16. The highest BCUT2D eigenvalue weighted by Gasteiger charge is 2.22. The smallest absolute Gasteiger partial charge is 0.132 e. The van der Waals surface area contributed by atoms with E-state index >= 15 is 0 Å². The lowest BCUT2D eigenvalue weighted by Crippen LogP contribution is -2.30. The second-order valence-corrected chi connectivity index (χ2v) is 5.97. The Balaban J connectivity index is 1.97. The molecule has 0 aliphatic heterocycles. The predicted molar refractivity (Wildman–Crippen MR) is 73.3 cm³/mol. The minimum atomic E-state index is 0.000556. The van der Waals surface area contributed by atoms with E-state index in [9.17, 15) is 0 Å². The van der Waals surface area contributed by atoms with Gasteiger partial charge in [-0.25, -0.2) is 10.4 Å². The Morgan fingerprint density at radius 3 is 2.94 bits per heavy atom. The lowest BCUT2D eigenvalue weighted by molar-refractivity contribution is 0.587. The standard InChI is InChI=1S/C13H18N4S/c1-17-7-6-15-13(17)12(16-14)11-8-9-4-2-3-5-10(9)18-11/h6-8,12,16H,2-5,14H2,1H3. The monoisotopic (exact) mass is 262 g/mol. The molecule has 0 amide bonds. The van der Waals surface area contributed by atoms with Gasteiger partial charge in [-0.2, -0.15) is 0 Å². The van der Waals surface area contributed by atoms with E-state index in [0.717, 1.165) is 5.82 Å². The van der Waals surface area contributed by atoms with Gasteiger partial charge >= 0.3 is 0 Å². The van der Waals surface area contributed by atoms with Crippen LogP contribution in [0.2, 0.25) is 0 Å². The second-order valence-electron chi connectivity index (χ2n) is 4.80. The lowest BCUT2D eigenvalue weighted by atomic mass is 9.99. The molecule has 2 aromatic heterocycles. The molecule has 0 radical (unpaired) electrons. The van der Waals surface area contributed by atoms with E-state index in [1.54, 1.807) is 0 Å². The first-order chi connectivity index (χ1) is 8.79. The van der Waals surface area contributed by atoms with Gasteiger partial charge in [0.1, 0.15) is 11.9 Å². The van der Waals surface area contributed by atoms with Crippen molar-refractivity contribution in [3.05, 3.63) is 39.6 Å². The normalized spacial score (nSPS) is 16.6. The van der Waals surface area contributed by atoms with Gasteiger partial charge in [0.15, 0.2) is 0 Å². The second kappa shape index (κ2) is 4.84. The third-order valence-corrected chi connectivity index (χ3v) is 4.89. The number of nitrogens with zero attached hydrogens (tertiary/aromatic N) is 2. The van der Waals surface area contributed by atoms with Crippen LogP contribution in [-0.4, -0.2) is 9.55 Å². The fourth-order valence-electron chi connectivity index (χ4n) is 2.60. The summed E-state index contributed by atoms with van der Waals surface area (Å²) in [6, 6.07) is 2.30. The summed E-state index contributed by atoms with van der Waals surface area (Å²) in [5.74, 6) is 6.69. The number of hydrazine groups is 1. The summed E-state index contributed by atoms with van der Waals surface area (Å²) >= 11 is 1.88. The molecule has 0 saturated heterocycles. The van der Waals surface area contributed by atoms with Crippen molar-refractivity contribution >= 4 is 11.3 Å². The van der Waals surface area contributed by atoms with Gasteiger partial charge in [-0.05, 0) is 37.3 Å². The molecule has 4 nitrogen and oxygen atoms in total. The Morgan fingerprint density at radius 2 is 2.28 bits per heavy atom. The van der Waals surface area contributed by atoms with Crippen LogP contribution in [-0.2, 0) is 19.9 Å². The molecule has 1 unspecified atom stereocenters. The van der Waals surface area contributed by atoms with Crippen molar-refractivity contribution in [3.8, 4) is 0 Å². The Labute approximate surface area is 111 Å². The van der Waals surface area contributed by atoms with Crippen LogP contribution >= 0.6 is 11.3 Å². The maximum atomic E-state index is 5.73. The van der Waals surface area contributed by atoms with Crippen LogP contribution in [0.15, 0.2) is 18.5 Å². The van der Waals surface area contributed by atoms with Gasteiger partial charge in [0.2, 0.25) is 0 Å². The van der Waals surface area contributed by atoms with Crippen molar-refractivity contribution in [2.75, 3.05) is 0 Å². The molecule has 0 saturated carbocycles. The Morgan fingerprint density at radius 1 is 1.44 bits per heavy atom. The van der Waals surface area contributed by atoms with Crippen LogP contribution < -0.4 is 11.3 Å². The summed E-state index contributed by atoms with van der Waals surface area (Å²) in [5.41, 5.74) is 4.41. The molecule has 2 heterocycles. The minimum absolute atomic E-state index is 0.000556. The number of rotatable bonds is 3.